The first kappa shape index (κ1) is 23.7. The van der Waals surface area contributed by atoms with E-state index in [0.29, 0.717) is 35.3 Å². The van der Waals surface area contributed by atoms with Gasteiger partial charge in [0.15, 0.2) is 11.6 Å². The zero-order valence-electron chi connectivity index (χ0n) is 20.6. The number of rotatable bonds is 2. The zero-order valence-corrected chi connectivity index (χ0v) is 21.4. The summed E-state index contributed by atoms with van der Waals surface area (Å²) in [5.41, 5.74) is 8.81. The van der Waals surface area contributed by atoms with E-state index in [9.17, 15) is 4.39 Å². The average molecular weight is 512 g/mol. The molecule has 6 bridgehead atoms. The number of ether oxygens (including phenoxy) is 1. The van der Waals surface area contributed by atoms with E-state index in [-0.39, 0.29) is 17.8 Å². The van der Waals surface area contributed by atoms with Crippen molar-refractivity contribution < 1.29 is 9.13 Å². The molecule has 3 fully saturated rings. The molecule has 1 saturated heterocycles. The fourth-order valence-corrected chi connectivity index (χ4v) is 7.80. The summed E-state index contributed by atoms with van der Waals surface area (Å²) >= 11 is 1.96. The Hall–Kier alpha value is -2.72. The lowest BCUT2D eigenvalue weighted by molar-refractivity contribution is 0.307. The van der Waals surface area contributed by atoms with Crippen LogP contribution in [0.25, 0.3) is 0 Å². The molecule has 2 aliphatic heterocycles. The molecule has 2 saturated carbocycles. The highest BCUT2D eigenvalue weighted by Crippen LogP contribution is 2.54. The average Bonchev–Trinajstić information content (AvgIpc) is 3.42. The van der Waals surface area contributed by atoms with Gasteiger partial charge in [0.2, 0.25) is 5.95 Å². The van der Waals surface area contributed by atoms with Crippen molar-refractivity contribution in [3.05, 3.63) is 42.5 Å². The first-order chi connectivity index (χ1) is 17.5. The molecule has 1 aromatic heterocycles. The van der Waals surface area contributed by atoms with E-state index in [1.54, 1.807) is 0 Å². The SMILES string of the molecule is C=C(N)[C@H]1[C@H]2C[C@H]3[C@H]1Nc1nc(ncc1F)Nc1ccc(N4CCN(C)CC4)c(c1)OCCS[C@@H]3C2. The van der Waals surface area contributed by atoms with Gasteiger partial charge < -0.3 is 30.9 Å². The van der Waals surface area contributed by atoms with Gasteiger partial charge in [0.05, 0.1) is 18.5 Å². The second-order valence-electron chi connectivity index (χ2n) is 10.4. The van der Waals surface area contributed by atoms with Gasteiger partial charge in [-0.1, -0.05) is 6.58 Å². The summed E-state index contributed by atoms with van der Waals surface area (Å²) in [5, 5.41) is 7.13. The van der Waals surface area contributed by atoms with Crippen LogP contribution in [0.1, 0.15) is 12.8 Å². The van der Waals surface area contributed by atoms with E-state index in [0.717, 1.165) is 61.9 Å². The van der Waals surface area contributed by atoms with E-state index in [1.165, 1.54) is 6.20 Å². The standard InChI is InChI=1S/C26H34FN7OS/c1-15(28)23-16-11-18-22(12-16)36-10-9-35-21-13-17(3-4-20(21)34-7-5-33(2)6-8-34)30-26-29-14-19(27)25(32-26)31-24(18)23/h3-4,13-14,16,18,22-24H,1,5-12,28H2,2H3,(H2,29,30,31,32)/t16-,18+,22+,23-,24+/m0/s1. The Bertz CT molecular complexity index is 1140. The van der Waals surface area contributed by atoms with Crippen LogP contribution < -0.4 is 26.0 Å². The van der Waals surface area contributed by atoms with Crippen LogP contribution in [0.2, 0.25) is 0 Å². The van der Waals surface area contributed by atoms with Crippen LogP contribution >= 0.6 is 11.8 Å². The number of nitrogens with two attached hydrogens (primary N) is 1. The normalized spacial score (nSPS) is 29.9. The number of thioether (sulfide) groups is 1. The highest BCUT2D eigenvalue weighted by atomic mass is 32.2. The van der Waals surface area contributed by atoms with E-state index in [4.69, 9.17) is 10.5 Å². The predicted octanol–water partition coefficient (Wildman–Crippen LogP) is 3.51. The van der Waals surface area contributed by atoms with Crippen LogP contribution in [0, 0.1) is 23.6 Å². The molecule has 0 radical (unpaired) electrons. The largest absolute Gasteiger partial charge is 0.490 e. The van der Waals surface area contributed by atoms with Crippen LogP contribution in [0.3, 0.4) is 0 Å². The van der Waals surface area contributed by atoms with Crippen molar-refractivity contribution in [2.24, 2.45) is 23.5 Å². The minimum atomic E-state index is -0.465. The number of anilines is 4. The van der Waals surface area contributed by atoms with Crippen molar-refractivity contribution in [2.45, 2.75) is 24.1 Å². The molecule has 0 unspecified atom stereocenters. The molecule has 36 heavy (non-hydrogen) atoms. The van der Waals surface area contributed by atoms with Gasteiger partial charge in [-0.15, -0.1) is 0 Å². The second-order valence-corrected chi connectivity index (χ2v) is 11.8. The Morgan fingerprint density at radius 1 is 1.25 bits per heavy atom. The molecule has 6 rings (SSSR count). The quantitative estimate of drug-likeness (QED) is 0.560. The highest BCUT2D eigenvalue weighted by molar-refractivity contribution is 7.99. The molecule has 4 aliphatic rings. The summed E-state index contributed by atoms with van der Waals surface area (Å²) in [4.78, 5) is 13.4. The smallest absolute Gasteiger partial charge is 0.229 e. The van der Waals surface area contributed by atoms with Crippen LogP contribution in [-0.2, 0) is 0 Å². The molecule has 5 atom stereocenters. The van der Waals surface area contributed by atoms with E-state index in [2.05, 4.69) is 50.1 Å². The monoisotopic (exact) mass is 511 g/mol. The fraction of sp³-hybridized carbons (Fsp3) is 0.538. The first-order valence-corrected chi connectivity index (χ1v) is 13.8. The van der Waals surface area contributed by atoms with Gasteiger partial charge in [-0.25, -0.2) is 9.37 Å². The number of nitrogens with one attached hydrogen (secondary N) is 2. The molecular weight excluding hydrogens is 477 g/mol. The van der Waals surface area contributed by atoms with Gasteiger partial charge in [0, 0.05) is 66.6 Å². The topological polar surface area (TPSA) is 91.6 Å². The van der Waals surface area contributed by atoms with Crippen LogP contribution in [0.5, 0.6) is 5.75 Å². The predicted molar refractivity (Wildman–Crippen MR) is 144 cm³/mol. The number of fused-ring (bicyclic) bond motifs is 5. The first-order valence-electron chi connectivity index (χ1n) is 12.8. The third kappa shape index (κ3) is 4.45. The summed E-state index contributed by atoms with van der Waals surface area (Å²) in [6, 6.07) is 6.10. The van der Waals surface area contributed by atoms with E-state index < -0.39 is 5.82 Å². The summed E-state index contributed by atoms with van der Waals surface area (Å²) < 4.78 is 21.2. The number of likely N-dealkylation sites (N-methyl/N-ethyl adjacent to an activating group) is 1. The number of piperazine rings is 1. The Morgan fingerprint density at radius 3 is 2.89 bits per heavy atom. The van der Waals surface area contributed by atoms with Crippen molar-refractivity contribution in [3.8, 4) is 5.75 Å². The van der Waals surface area contributed by atoms with Crippen molar-refractivity contribution >= 4 is 34.9 Å². The Labute approximate surface area is 215 Å². The van der Waals surface area contributed by atoms with Gasteiger partial charge in [-0.2, -0.15) is 16.7 Å². The minimum Gasteiger partial charge on any atom is -0.490 e. The molecule has 10 heteroatoms. The van der Waals surface area contributed by atoms with Gasteiger partial charge >= 0.3 is 0 Å². The van der Waals surface area contributed by atoms with Crippen LogP contribution in [0.4, 0.5) is 27.5 Å². The molecule has 8 nitrogen and oxygen atoms in total. The summed E-state index contributed by atoms with van der Waals surface area (Å²) in [7, 11) is 2.16. The number of hydrogen-bond acceptors (Lipinski definition) is 9. The molecule has 0 spiro atoms. The number of benzene rings is 1. The zero-order chi connectivity index (χ0) is 24.8. The maximum Gasteiger partial charge on any atom is 0.229 e. The Morgan fingerprint density at radius 2 is 2.08 bits per heavy atom. The minimum absolute atomic E-state index is 0.00642. The fourth-order valence-electron chi connectivity index (χ4n) is 6.41. The molecule has 4 N–H and O–H groups in total. The number of nitrogens with zero attached hydrogens (tertiary/aromatic N) is 4. The molecule has 1 aromatic carbocycles. The van der Waals surface area contributed by atoms with Crippen LogP contribution in [-0.4, -0.2) is 71.7 Å². The maximum absolute atomic E-state index is 14.8. The number of hydrogen-bond donors (Lipinski definition) is 3. The van der Waals surface area contributed by atoms with Gasteiger partial charge in [-0.05, 0) is 43.9 Å². The lowest BCUT2D eigenvalue weighted by atomic mass is 9.82. The van der Waals surface area contributed by atoms with Gasteiger partial charge in [0.25, 0.3) is 0 Å². The van der Waals surface area contributed by atoms with Gasteiger partial charge in [0.1, 0.15) is 5.75 Å². The van der Waals surface area contributed by atoms with Gasteiger partial charge in [-0.3, -0.25) is 0 Å². The van der Waals surface area contributed by atoms with E-state index in [1.807, 2.05) is 23.9 Å². The summed E-state index contributed by atoms with van der Waals surface area (Å²) in [6.45, 7) is 8.66. The van der Waals surface area contributed by atoms with Crippen molar-refractivity contribution in [1.29, 1.82) is 0 Å². The molecule has 2 aromatic rings. The van der Waals surface area contributed by atoms with Crippen LogP contribution in [0.15, 0.2) is 36.7 Å². The number of halogens is 1. The number of aromatic nitrogens is 2. The molecule has 3 heterocycles. The molecular formula is C26H34FN7OS. The molecule has 192 valence electrons. The Balaban J connectivity index is 1.32. The van der Waals surface area contributed by atoms with Crippen molar-refractivity contribution in [1.82, 2.24) is 14.9 Å². The maximum atomic E-state index is 14.8. The molecule has 2 aliphatic carbocycles. The molecule has 0 amide bonds. The highest BCUT2D eigenvalue weighted by Gasteiger charge is 2.53. The summed E-state index contributed by atoms with van der Waals surface area (Å²) in [5.74, 6) is 2.79. The third-order valence-corrected chi connectivity index (χ3v) is 9.52. The Kier molecular flexibility index (Phi) is 6.33. The van der Waals surface area contributed by atoms with E-state index >= 15 is 0 Å². The second kappa shape index (κ2) is 9.63. The van der Waals surface area contributed by atoms with Crippen molar-refractivity contribution in [2.75, 3.05) is 61.1 Å². The summed E-state index contributed by atoms with van der Waals surface area (Å²) in [6.07, 6.45) is 3.40. The van der Waals surface area contributed by atoms with Crippen molar-refractivity contribution in [3.63, 3.8) is 0 Å². The lowest BCUT2D eigenvalue weighted by Gasteiger charge is -2.36. The third-order valence-electron chi connectivity index (χ3n) is 8.15. The lowest BCUT2D eigenvalue weighted by Crippen LogP contribution is -2.44.